The highest BCUT2D eigenvalue weighted by molar-refractivity contribution is 6.04. The summed E-state index contributed by atoms with van der Waals surface area (Å²) in [5.74, 6) is -0.567. The van der Waals surface area contributed by atoms with Crippen LogP contribution in [0.4, 0.5) is 10.1 Å². The van der Waals surface area contributed by atoms with Crippen LogP contribution < -0.4 is 10.6 Å². The van der Waals surface area contributed by atoms with E-state index in [1.807, 2.05) is 12.1 Å². The minimum Gasteiger partial charge on any atom is -0.322 e. The Hall–Kier alpha value is -2.20. The number of hydrogen-bond acceptors (Lipinski definition) is 2. The quantitative estimate of drug-likeness (QED) is 0.880. The zero-order valence-corrected chi connectivity index (χ0v) is 11.2. The van der Waals surface area contributed by atoms with Gasteiger partial charge in [-0.2, -0.15) is 0 Å². The molecule has 3 rings (SSSR count). The van der Waals surface area contributed by atoms with Crippen molar-refractivity contribution in [3.05, 3.63) is 64.5 Å². The van der Waals surface area contributed by atoms with Crippen molar-refractivity contribution in [2.45, 2.75) is 20.0 Å². The minimum absolute atomic E-state index is 0.218. The molecule has 0 atom stereocenters. The number of aryl methyl sites for hydroxylation is 1. The number of benzene rings is 2. The summed E-state index contributed by atoms with van der Waals surface area (Å²) in [6.07, 6.45) is 0. The third-order valence-electron chi connectivity index (χ3n) is 3.40. The lowest BCUT2D eigenvalue weighted by molar-refractivity contribution is 0.102. The zero-order chi connectivity index (χ0) is 14.1. The highest BCUT2D eigenvalue weighted by atomic mass is 19.1. The highest BCUT2D eigenvalue weighted by Crippen LogP contribution is 2.19. The predicted molar refractivity (Wildman–Crippen MR) is 76.1 cm³/mol. The van der Waals surface area contributed by atoms with E-state index in [9.17, 15) is 9.18 Å². The number of carbonyl (C=O) groups excluding carboxylic acids is 1. The molecule has 0 saturated heterocycles. The Bertz CT molecular complexity index is 662. The molecule has 2 aromatic rings. The smallest absolute Gasteiger partial charge is 0.255 e. The number of anilines is 1. The molecule has 2 N–H and O–H groups in total. The fraction of sp³-hybridized carbons (Fsp3) is 0.188. The van der Waals surface area contributed by atoms with Crippen LogP contribution in [0.3, 0.4) is 0 Å². The van der Waals surface area contributed by atoms with Crippen molar-refractivity contribution in [2.75, 3.05) is 5.32 Å². The summed E-state index contributed by atoms with van der Waals surface area (Å²) in [5.41, 5.74) is 4.22. The van der Waals surface area contributed by atoms with Gasteiger partial charge in [0.05, 0.1) is 0 Å². The van der Waals surface area contributed by atoms with Crippen molar-refractivity contribution in [1.29, 1.82) is 0 Å². The maximum atomic E-state index is 13.3. The van der Waals surface area contributed by atoms with Gasteiger partial charge >= 0.3 is 0 Å². The van der Waals surface area contributed by atoms with Gasteiger partial charge in [-0.1, -0.05) is 6.07 Å². The van der Waals surface area contributed by atoms with Gasteiger partial charge < -0.3 is 10.6 Å². The van der Waals surface area contributed by atoms with E-state index < -0.39 is 0 Å². The van der Waals surface area contributed by atoms with Crippen LogP contribution in [0.2, 0.25) is 0 Å². The molecule has 2 aromatic carbocycles. The van der Waals surface area contributed by atoms with E-state index in [1.54, 1.807) is 19.1 Å². The van der Waals surface area contributed by atoms with Gasteiger partial charge in [0.25, 0.3) is 5.91 Å². The molecule has 4 heteroatoms. The number of rotatable bonds is 2. The number of carbonyl (C=O) groups is 1. The number of halogens is 1. The summed E-state index contributed by atoms with van der Waals surface area (Å²) in [7, 11) is 0. The second kappa shape index (κ2) is 5.06. The van der Waals surface area contributed by atoms with Crippen LogP contribution in [0.5, 0.6) is 0 Å². The van der Waals surface area contributed by atoms with Gasteiger partial charge in [-0.3, -0.25) is 4.79 Å². The van der Waals surface area contributed by atoms with Gasteiger partial charge in [0.1, 0.15) is 5.82 Å². The fourth-order valence-electron chi connectivity index (χ4n) is 2.45. The first-order valence-electron chi connectivity index (χ1n) is 6.53. The first-order chi connectivity index (χ1) is 9.61. The number of hydrogen-bond donors (Lipinski definition) is 2. The monoisotopic (exact) mass is 270 g/mol. The molecule has 1 aliphatic rings. The molecule has 0 aromatic heterocycles. The Morgan fingerprint density at radius 2 is 1.95 bits per heavy atom. The van der Waals surface area contributed by atoms with Gasteiger partial charge in [0.15, 0.2) is 0 Å². The molecule has 0 saturated carbocycles. The number of amides is 1. The summed E-state index contributed by atoms with van der Waals surface area (Å²) in [4.78, 5) is 12.2. The van der Waals surface area contributed by atoms with Crippen molar-refractivity contribution in [3.8, 4) is 0 Å². The van der Waals surface area contributed by atoms with Gasteiger partial charge in [-0.25, -0.2) is 4.39 Å². The Kier molecular flexibility index (Phi) is 3.24. The second-order valence-electron chi connectivity index (χ2n) is 5.06. The van der Waals surface area contributed by atoms with Gasteiger partial charge in [0.2, 0.25) is 0 Å². The molecule has 1 heterocycles. The average Bonchev–Trinajstić information content (AvgIpc) is 2.84. The van der Waals surface area contributed by atoms with Crippen LogP contribution in [0.25, 0.3) is 0 Å². The van der Waals surface area contributed by atoms with E-state index >= 15 is 0 Å². The van der Waals surface area contributed by atoms with E-state index in [0.717, 1.165) is 24.2 Å². The van der Waals surface area contributed by atoms with E-state index in [4.69, 9.17) is 0 Å². The summed E-state index contributed by atoms with van der Waals surface area (Å²) >= 11 is 0. The number of nitrogens with one attached hydrogen (secondary N) is 2. The average molecular weight is 270 g/mol. The highest BCUT2D eigenvalue weighted by Gasteiger charge is 2.13. The molecule has 3 nitrogen and oxygen atoms in total. The molecule has 1 aliphatic heterocycles. The lowest BCUT2D eigenvalue weighted by Crippen LogP contribution is -2.12. The van der Waals surface area contributed by atoms with Crippen LogP contribution in [0, 0.1) is 12.7 Å². The predicted octanol–water partition coefficient (Wildman–Crippen LogP) is 2.99. The molecule has 20 heavy (non-hydrogen) atoms. The Morgan fingerprint density at radius 3 is 2.75 bits per heavy atom. The van der Waals surface area contributed by atoms with Crippen LogP contribution >= 0.6 is 0 Å². The maximum Gasteiger partial charge on any atom is 0.255 e. The molecule has 0 fully saturated rings. The molecule has 102 valence electrons. The zero-order valence-electron chi connectivity index (χ0n) is 11.2. The van der Waals surface area contributed by atoms with Crippen LogP contribution in [-0.2, 0) is 13.1 Å². The van der Waals surface area contributed by atoms with Crippen LogP contribution in [-0.4, -0.2) is 5.91 Å². The van der Waals surface area contributed by atoms with Crippen LogP contribution in [0.15, 0.2) is 36.4 Å². The van der Waals surface area contributed by atoms with Crippen molar-refractivity contribution >= 4 is 11.6 Å². The van der Waals surface area contributed by atoms with Gasteiger partial charge in [-0.15, -0.1) is 0 Å². The molecule has 1 amide bonds. The summed E-state index contributed by atoms with van der Waals surface area (Å²) in [5, 5.41) is 5.97. The molecule has 0 bridgehead atoms. The van der Waals surface area contributed by atoms with Crippen molar-refractivity contribution in [1.82, 2.24) is 5.32 Å². The Labute approximate surface area is 116 Å². The SMILES string of the molecule is Cc1cc(F)cc(NC(=O)c2ccc3c(c2)CNC3)c1. The molecular formula is C16H15FN2O. The van der Waals surface area contributed by atoms with Crippen molar-refractivity contribution < 1.29 is 9.18 Å². The Balaban J connectivity index is 1.82. The summed E-state index contributed by atoms with van der Waals surface area (Å²) in [6.45, 7) is 3.43. The lowest BCUT2D eigenvalue weighted by atomic mass is 10.1. The van der Waals surface area contributed by atoms with E-state index in [1.165, 1.54) is 17.7 Å². The molecular weight excluding hydrogens is 255 g/mol. The van der Waals surface area contributed by atoms with Crippen LogP contribution in [0.1, 0.15) is 27.0 Å². The Morgan fingerprint density at radius 1 is 1.15 bits per heavy atom. The largest absolute Gasteiger partial charge is 0.322 e. The van der Waals surface area contributed by atoms with Gasteiger partial charge in [0, 0.05) is 24.3 Å². The lowest BCUT2D eigenvalue weighted by Gasteiger charge is -2.08. The number of fused-ring (bicyclic) bond motifs is 1. The van der Waals surface area contributed by atoms with E-state index in [0.29, 0.717) is 11.3 Å². The molecule has 0 aliphatic carbocycles. The van der Waals surface area contributed by atoms with E-state index in [2.05, 4.69) is 10.6 Å². The standard InChI is InChI=1S/C16H15FN2O/c1-10-4-14(17)7-15(5-10)19-16(20)11-2-3-12-8-18-9-13(12)6-11/h2-7,18H,8-9H2,1H3,(H,19,20). The summed E-state index contributed by atoms with van der Waals surface area (Å²) in [6, 6.07) is 10.1. The molecule has 0 radical (unpaired) electrons. The van der Waals surface area contributed by atoms with Crippen molar-refractivity contribution in [2.24, 2.45) is 0 Å². The van der Waals surface area contributed by atoms with Gasteiger partial charge in [-0.05, 0) is 53.9 Å². The minimum atomic E-state index is -0.349. The first kappa shape index (κ1) is 12.8. The molecule has 0 unspecified atom stereocenters. The topological polar surface area (TPSA) is 41.1 Å². The second-order valence-corrected chi connectivity index (χ2v) is 5.06. The molecule has 0 spiro atoms. The summed E-state index contributed by atoms with van der Waals surface area (Å²) < 4.78 is 13.3. The third kappa shape index (κ3) is 2.56. The normalized spacial score (nSPS) is 13.1. The van der Waals surface area contributed by atoms with Crippen molar-refractivity contribution in [3.63, 3.8) is 0 Å². The fourth-order valence-corrected chi connectivity index (χ4v) is 2.45. The maximum absolute atomic E-state index is 13.3. The van der Waals surface area contributed by atoms with E-state index in [-0.39, 0.29) is 11.7 Å². The first-order valence-corrected chi connectivity index (χ1v) is 6.53. The third-order valence-corrected chi connectivity index (χ3v) is 3.40.